The minimum absolute atomic E-state index is 0.463. The highest BCUT2D eigenvalue weighted by Gasteiger charge is 2.15. The minimum atomic E-state index is -0.783. The highest BCUT2D eigenvalue weighted by Crippen LogP contribution is 2.20. The quantitative estimate of drug-likeness (QED) is 0.796. The van der Waals surface area contributed by atoms with E-state index in [1.54, 1.807) is 7.05 Å². The summed E-state index contributed by atoms with van der Waals surface area (Å²) in [6.07, 6.45) is 1.42. The molecule has 1 atom stereocenters. The van der Waals surface area contributed by atoms with Crippen molar-refractivity contribution in [3.05, 3.63) is 35.4 Å². The predicted octanol–water partition coefficient (Wildman–Crippen LogP) is 2.42. The van der Waals surface area contributed by atoms with Gasteiger partial charge in [0.1, 0.15) is 6.04 Å². The molecule has 0 bridgehead atoms. The number of likely N-dealkylation sites (N-methyl/N-ethyl adjacent to an activating group) is 1. The van der Waals surface area contributed by atoms with E-state index in [0.29, 0.717) is 12.3 Å². The van der Waals surface area contributed by atoms with Gasteiger partial charge in [-0.1, -0.05) is 38.1 Å². The third kappa shape index (κ3) is 3.86. The third-order valence-corrected chi connectivity index (χ3v) is 3.03. The van der Waals surface area contributed by atoms with E-state index in [9.17, 15) is 4.79 Å². The van der Waals surface area contributed by atoms with Gasteiger partial charge in [-0.25, -0.2) is 0 Å². The molecule has 0 spiro atoms. The Morgan fingerprint density at radius 2 is 2.00 bits per heavy atom. The standard InChI is InChI=1S/C14H21NO2/c1-10(2)12-7-5-4-6-11(12)8-9-13(15-3)14(16)17/h4-7,10,13,15H,8-9H2,1-3H3,(H,16,17). The molecular weight excluding hydrogens is 214 g/mol. The molecule has 0 saturated heterocycles. The zero-order valence-electron chi connectivity index (χ0n) is 10.7. The minimum Gasteiger partial charge on any atom is -0.480 e. The summed E-state index contributed by atoms with van der Waals surface area (Å²) in [5, 5.41) is 11.8. The van der Waals surface area contributed by atoms with Crippen molar-refractivity contribution in [3.63, 3.8) is 0 Å². The van der Waals surface area contributed by atoms with Crippen LogP contribution in [0.5, 0.6) is 0 Å². The summed E-state index contributed by atoms with van der Waals surface area (Å²) in [7, 11) is 1.69. The van der Waals surface area contributed by atoms with Crippen LogP contribution in [0.2, 0.25) is 0 Å². The second kappa shape index (κ2) is 6.40. The van der Waals surface area contributed by atoms with E-state index >= 15 is 0 Å². The van der Waals surface area contributed by atoms with Crippen LogP contribution in [0.3, 0.4) is 0 Å². The van der Waals surface area contributed by atoms with Crippen LogP contribution < -0.4 is 5.32 Å². The fraction of sp³-hybridized carbons (Fsp3) is 0.500. The molecule has 0 saturated carbocycles. The average Bonchev–Trinajstić information content (AvgIpc) is 2.29. The largest absolute Gasteiger partial charge is 0.480 e. The Morgan fingerprint density at radius 1 is 1.35 bits per heavy atom. The molecule has 2 N–H and O–H groups in total. The highest BCUT2D eigenvalue weighted by molar-refractivity contribution is 5.73. The molecule has 1 aromatic carbocycles. The van der Waals surface area contributed by atoms with Crippen molar-refractivity contribution in [2.24, 2.45) is 0 Å². The zero-order valence-corrected chi connectivity index (χ0v) is 10.7. The number of rotatable bonds is 6. The number of aryl methyl sites for hydroxylation is 1. The lowest BCUT2D eigenvalue weighted by Gasteiger charge is -2.15. The molecule has 3 heteroatoms. The van der Waals surface area contributed by atoms with Crippen molar-refractivity contribution in [3.8, 4) is 0 Å². The van der Waals surface area contributed by atoms with E-state index in [2.05, 4.69) is 31.3 Å². The van der Waals surface area contributed by atoms with E-state index in [1.807, 2.05) is 12.1 Å². The normalized spacial score (nSPS) is 12.7. The Morgan fingerprint density at radius 3 is 2.53 bits per heavy atom. The van der Waals surface area contributed by atoms with Gasteiger partial charge in [0.2, 0.25) is 0 Å². The van der Waals surface area contributed by atoms with Crippen LogP contribution in [-0.2, 0) is 11.2 Å². The van der Waals surface area contributed by atoms with Gasteiger partial charge in [-0.15, -0.1) is 0 Å². The molecule has 1 unspecified atom stereocenters. The maximum Gasteiger partial charge on any atom is 0.320 e. The molecule has 0 aliphatic carbocycles. The number of hydrogen-bond acceptors (Lipinski definition) is 2. The molecule has 0 heterocycles. The Balaban J connectivity index is 2.71. The van der Waals surface area contributed by atoms with Gasteiger partial charge in [0.15, 0.2) is 0 Å². The van der Waals surface area contributed by atoms with Crippen molar-refractivity contribution in [1.29, 1.82) is 0 Å². The Labute approximate surface area is 103 Å². The summed E-state index contributed by atoms with van der Waals surface area (Å²) in [4.78, 5) is 10.9. The van der Waals surface area contributed by atoms with Crippen molar-refractivity contribution < 1.29 is 9.90 Å². The van der Waals surface area contributed by atoms with Crippen molar-refractivity contribution >= 4 is 5.97 Å². The smallest absolute Gasteiger partial charge is 0.320 e. The molecule has 0 aliphatic rings. The molecule has 0 fully saturated rings. The van der Waals surface area contributed by atoms with E-state index in [4.69, 9.17) is 5.11 Å². The maximum atomic E-state index is 10.9. The Bertz CT molecular complexity index is 374. The first kappa shape index (κ1) is 13.7. The lowest BCUT2D eigenvalue weighted by atomic mass is 9.93. The molecule has 1 aromatic rings. The molecule has 0 aromatic heterocycles. The van der Waals surface area contributed by atoms with Crippen LogP contribution in [0.1, 0.15) is 37.3 Å². The summed E-state index contributed by atoms with van der Waals surface area (Å²) in [5.74, 6) is -0.307. The van der Waals surface area contributed by atoms with Gasteiger partial charge in [-0.3, -0.25) is 4.79 Å². The van der Waals surface area contributed by atoms with Gasteiger partial charge in [0, 0.05) is 0 Å². The number of hydrogen-bond donors (Lipinski definition) is 2. The fourth-order valence-electron chi connectivity index (χ4n) is 2.02. The number of nitrogens with one attached hydrogen (secondary N) is 1. The first-order valence-corrected chi connectivity index (χ1v) is 6.04. The summed E-state index contributed by atoms with van der Waals surface area (Å²) in [6, 6.07) is 7.79. The van der Waals surface area contributed by atoms with Crippen LogP contribution in [0.15, 0.2) is 24.3 Å². The molecule has 1 rings (SSSR count). The van der Waals surface area contributed by atoms with Gasteiger partial charge < -0.3 is 10.4 Å². The monoisotopic (exact) mass is 235 g/mol. The second-order valence-corrected chi connectivity index (χ2v) is 4.57. The first-order valence-electron chi connectivity index (χ1n) is 6.04. The van der Waals surface area contributed by atoms with Crippen LogP contribution in [-0.4, -0.2) is 24.2 Å². The SMILES string of the molecule is CNC(CCc1ccccc1C(C)C)C(=O)O. The number of carboxylic acid groups (broad SMARTS) is 1. The van der Waals surface area contributed by atoms with E-state index < -0.39 is 12.0 Å². The lowest BCUT2D eigenvalue weighted by Crippen LogP contribution is -2.34. The lowest BCUT2D eigenvalue weighted by molar-refractivity contribution is -0.139. The van der Waals surface area contributed by atoms with Gasteiger partial charge in [0.05, 0.1) is 0 Å². The summed E-state index contributed by atoms with van der Waals surface area (Å²) in [6.45, 7) is 4.32. The highest BCUT2D eigenvalue weighted by atomic mass is 16.4. The van der Waals surface area contributed by atoms with Gasteiger partial charge in [-0.05, 0) is 36.9 Å². The predicted molar refractivity (Wildman–Crippen MR) is 69.3 cm³/mol. The van der Waals surface area contributed by atoms with Crippen LogP contribution in [0, 0.1) is 0 Å². The molecule has 94 valence electrons. The topological polar surface area (TPSA) is 49.3 Å². The Kier molecular flexibility index (Phi) is 5.16. The van der Waals surface area contributed by atoms with Crippen molar-refractivity contribution in [2.75, 3.05) is 7.05 Å². The molecule has 0 aliphatic heterocycles. The number of benzene rings is 1. The van der Waals surface area contributed by atoms with E-state index in [-0.39, 0.29) is 0 Å². The number of carbonyl (C=O) groups is 1. The van der Waals surface area contributed by atoms with Gasteiger partial charge in [0.25, 0.3) is 0 Å². The second-order valence-electron chi connectivity index (χ2n) is 4.57. The van der Waals surface area contributed by atoms with E-state index in [1.165, 1.54) is 11.1 Å². The molecule has 17 heavy (non-hydrogen) atoms. The fourth-order valence-corrected chi connectivity index (χ4v) is 2.02. The van der Waals surface area contributed by atoms with E-state index in [0.717, 1.165) is 6.42 Å². The summed E-state index contributed by atoms with van der Waals surface area (Å²) < 4.78 is 0. The first-order chi connectivity index (χ1) is 8.06. The molecule has 0 radical (unpaired) electrons. The van der Waals surface area contributed by atoms with Crippen LogP contribution in [0.25, 0.3) is 0 Å². The van der Waals surface area contributed by atoms with Crippen molar-refractivity contribution in [2.45, 2.75) is 38.6 Å². The Hall–Kier alpha value is -1.35. The zero-order chi connectivity index (χ0) is 12.8. The maximum absolute atomic E-state index is 10.9. The number of aliphatic carboxylic acids is 1. The van der Waals surface area contributed by atoms with Gasteiger partial charge >= 0.3 is 5.97 Å². The van der Waals surface area contributed by atoms with Crippen LogP contribution in [0.4, 0.5) is 0 Å². The van der Waals surface area contributed by atoms with Gasteiger partial charge in [-0.2, -0.15) is 0 Å². The molecule has 0 amide bonds. The average molecular weight is 235 g/mol. The summed E-state index contributed by atoms with van der Waals surface area (Å²) >= 11 is 0. The van der Waals surface area contributed by atoms with Crippen LogP contribution >= 0.6 is 0 Å². The summed E-state index contributed by atoms with van der Waals surface area (Å²) in [5.41, 5.74) is 2.57. The number of carboxylic acids is 1. The third-order valence-electron chi connectivity index (χ3n) is 3.03. The molecular formula is C14H21NO2. The molecule has 3 nitrogen and oxygen atoms in total. The van der Waals surface area contributed by atoms with Crippen molar-refractivity contribution in [1.82, 2.24) is 5.32 Å².